The minimum Gasteiger partial charge on any atom is -0.256 e. The second-order valence-electron chi connectivity index (χ2n) is 8.36. The second-order valence-corrected chi connectivity index (χ2v) is 8.36. The Bertz CT molecular complexity index is 1510. The molecule has 0 N–H and O–H groups in total. The van der Waals surface area contributed by atoms with Gasteiger partial charge in [-0.25, -0.2) is 0 Å². The molecule has 0 unspecified atom stereocenters. The molecule has 0 aliphatic heterocycles. The zero-order valence-corrected chi connectivity index (χ0v) is 18.5. The highest BCUT2D eigenvalue weighted by Crippen LogP contribution is 2.34. The van der Waals surface area contributed by atoms with Crippen LogP contribution in [-0.4, -0.2) is 4.98 Å². The van der Waals surface area contributed by atoms with Crippen LogP contribution in [0.1, 0.15) is 11.1 Å². The molecule has 0 atom stereocenters. The van der Waals surface area contributed by atoms with E-state index in [0.29, 0.717) is 16.8 Å². The van der Waals surface area contributed by atoms with Gasteiger partial charge in [-0.3, -0.25) is 4.98 Å². The topological polar surface area (TPSA) is 12.9 Å². The molecule has 0 bridgehead atoms. The lowest BCUT2D eigenvalue weighted by Gasteiger charge is -2.10. The SMILES string of the molecule is FC(F)(F)c1ccc(-c2ccc3ccc(-c4ccc(-c5ccc(C(F)(F)F)cc5)nc4)cc3c2)cc1. The highest BCUT2D eigenvalue weighted by Gasteiger charge is 2.30. The smallest absolute Gasteiger partial charge is 0.256 e. The minimum absolute atomic E-state index is 0.554. The molecule has 0 aliphatic carbocycles. The number of alkyl halides is 6. The van der Waals surface area contributed by atoms with Crippen LogP contribution in [0.4, 0.5) is 26.3 Å². The fourth-order valence-corrected chi connectivity index (χ4v) is 4.02. The molecule has 180 valence electrons. The Morgan fingerprint density at radius 3 is 1.33 bits per heavy atom. The number of nitrogens with zero attached hydrogens (tertiary/aromatic N) is 1. The number of benzene rings is 4. The molecule has 5 aromatic rings. The molecule has 7 heteroatoms. The lowest BCUT2D eigenvalue weighted by molar-refractivity contribution is -0.138. The number of hydrogen-bond acceptors (Lipinski definition) is 1. The van der Waals surface area contributed by atoms with Crippen molar-refractivity contribution >= 4 is 10.8 Å². The second kappa shape index (κ2) is 8.82. The molecule has 0 amide bonds. The van der Waals surface area contributed by atoms with Gasteiger partial charge in [0.2, 0.25) is 0 Å². The number of fused-ring (bicyclic) bond motifs is 1. The zero-order valence-electron chi connectivity index (χ0n) is 18.5. The third-order valence-electron chi connectivity index (χ3n) is 5.99. The summed E-state index contributed by atoms with van der Waals surface area (Å²) in [6, 6.07) is 25.1. The van der Waals surface area contributed by atoms with Gasteiger partial charge in [0.1, 0.15) is 0 Å². The van der Waals surface area contributed by atoms with E-state index < -0.39 is 23.5 Å². The van der Waals surface area contributed by atoms with Gasteiger partial charge in [0.05, 0.1) is 16.8 Å². The predicted molar refractivity (Wildman–Crippen MR) is 128 cm³/mol. The van der Waals surface area contributed by atoms with E-state index in [4.69, 9.17) is 0 Å². The van der Waals surface area contributed by atoms with Crippen molar-refractivity contribution in [3.63, 3.8) is 0 Å². The Morgan fingerprint density at radius 2 is 0.861 bits per heavy atom. The number of aromatic nitrogens is 1. The fourth-order valence-electron chi connectivity index (χ4n) is 4.02. The molecule has 0 fully saturated rings. The van der Waals surface area contributed by atoms with Gasteiger partial charge in [0, 0.05) is 17.3 Å². The van der Waals surface area contributed by atoms with Gasteiger partial charge in [-0.2, -0.15) is 26.3 Å². The number of halogens is 6. The van der Waals surface area contributed by atoms with Crippen LogP contribution < -0.4 is 0 Å². The fraction of sp³-hybridized carbons (Fsp3) is 0.0690. The highest BCUT2D eigenvalue weighted by atomic mass is 19.4. The lowest BCUT2D eigenvalue weighted by atomic mass is 9.97. The van der Waals surface area contributed by atoms with Crippen LogP contribution in [0.5, 0.6) is 0 Å². The number of rotatable bonds is 3. The summed E-state index contributed by atoms with van der Waals surface area (Å²) < 4.78 is 77.0. The summed E-state index contributed by atoms with van der Waals surface area (Å²) in [6.07, 6.45) is -7.11. The molecule has 5 rings (SSSR count). The maximum atomic E-state index is 12.9. The molecule has 1 heterocycles. The van der Waals surface area contributed by atoms with Crippen molar-refractivity contribution in [3.05, 3.63) is 114 Å². The van der Waals surface area contributed by atoms with Crippen molar-refractivity contribution in [2.45, 2.75) is 12.4 Å². The van der Waals surface area contributed by atoms with Crippen LogP contribution >= 0.6 is 0 Å². The molecular weight excluding hydrogens is 476 g/mol. The Morgan fingerprint density at radius 1 is 0.417 bits per heavy atom. The van der Waals surface area contributed by atoms with Gasteiger partial charge >= 0.3 is 12.4 Å². The quantitative estimate of drug-likeness (QED) is 0.228. The summed E-state index contributed by atoms with van der Waals surface area (Å²) in [5.74, 6) is 0. The van der Waals surface area contributed by atoms with Crippen molar-refractivity contribution in [3.8, 4) is 33.5 Å². The predicted octanol–water partition coefficient (Wildman–Crippen LogP) is 9.27. The summed E-state index contributed by atoms with van der Waals surface area (Å²) in [6.45, 7) is 0. The third kappa shape index (κ3) is 4.82. The molecule has 0 aliphatic rings. The van der Waals surface area contributed by atoms with Gasteiger partial charge in [-0.05, 0) is 69.9 Å². The minimum atomic E-state index is -4.39. The monoisotopic (exact) mass is 493 g/mol. The van der Waals surface area contributed by atoms with Gasteiger partial charge < -0.3 is 0 Å². The maximum absolute atomic E-state index is 12.9. The van der Waals surface area contributed by atoms with E-state index in [-0.39, 0.29) is 0 Å². The first-order chi connectivity index (χ1) is 17.1. The van der Waals surface area contributed by atoms with Crippen molar-refractivity contribution in [2.24, 2.45) is 0 Å². The van der Waals surface area contributed by atoms with Crippen molar-refractivity contribution in [1.29, 1.82) is 0 Å². The summed E-state index contributed by atoms with van der Waals surface area (Å²) in [5, 5.41) is 1.89. The standard InChI is InChI=1S/C29H17F6N/c30-28(31,32)25-10-5-18(6-11-25)21-3-1-19-2-4-22(16-24(19)15-21)23-9-14-27(36-17-23)20-7-12-26(13-8-20)29(33,34)35/h1-17H. The maximum Gasteiger partial charge on any atom is 0.416 e. The van der Waals surface area contributed by atoms with Crippen LogP contribution in [0.25, 0.3) is 44.3 Å². The van der Waals surface area contributed by atoms with E-state index in [0.717, 1.165) is 51.7 Å². The van der Waals surface area contributed by atoms with Crippen LogP contribution in [0.15, 0.2) is 103 Å². The molecule has 0 saturated carbocycles. The lowest BCUT2D eigenvalue weighted by Crippen LogP contribution is -2.04. The summed E-state index contributed by atoms with van der Waals surface area (Å²) >= 11 is 0. The van der Waals surface area contributed by atoms with Crippen LogP contribution in [0.2, 0.25) is 0 Å². The van der Waals surface area contributed by atoms with Crippen LogP contribution in [0.3, 0.4) is 0 Å². The van der Waals surface area contributed by atoms with E-state index in [1.165, 1.54) is 24.3 Å². The molecular formula is C29H17F6N. The molecule has 0 saturated heterocycles. The van der Waals surface area contributed by atoms with Crippen molar-refractivity contribution in [2.75, 3.05) is 0 Å². The third-order valence-corrected chi connectivity index (χ3v) is 5.99. The highest BCUT2D eigenvalue weighted by molar-refractivity contribution is 5.91. The first-order valence-electron chi connectivity index (χ1n) is 10.9. The Hall–Kier alpha value is -4.13. The molecule has 1 aromatic heterocycles. The number of hydrogen-bond donors (Lipinski definition) is 0. The zero-order chi connectivity index (χ0) is 25.5. The summed E-state index contributed by atoms with van der Waals surface area (Å²) in [5.41, 5.74) is 2.91. The first kappa shape index (κ1) is 23.6. The van der Waals surface area contributed by atoms with E-state index in [1.54, 1.807) is 12.3 Å². The molecule has 1 nitrogen and oxygen atoms in total. The van der Waals surface area contributed by atoms with E-state index in [9.17, 15) is 26.3 Å². The average molecular weight is 493 g/mol. The van der Waals surface area contributed by atoms with Gasteiger partial charge in [0.15, 0.2) is 0 Å². The Labute approximate surface area is 202 Å². The Kier molecular flexibility index (Phi) is 5.79. The van der Waals surface area contributed by atoms with Crippen LogP contribution in [0, 0.1) is 0 Å². The van der Waals surface area contributed by atoms with E-state index in [1.807, 2.05) is 42.5 Å². The Balaban J connectivity index is 1.42. The van der Waals surface area contributed by atoms with E-state index in [2.05, 4.69) is 4.98 Å². The van der Waals surface area contributed by atoms with E-state index >= 15 is 0 Å². The van der Waals surface area contributed by atoms with Crippen molar-refractivity contribution < 1.29 is 26.3 Å². The first-order valence-corrected chi connectivity index (χ1v) is 10.9. The summed E-state index contributed by atoms with van der Waals surface area (Å²) in [7, 11) is 0. The molecule has 0 radical (unpaired) electrons. The van der Waals surface area contributed by atoms with Gasteiger partial charge in [-0.1, -0.05) is 54.6 Å². The molecule has 0 spiro atoms. The van der Waals surface area contributed by atoms with Crippen LogP contribution in [-0.2, 0) is 12.4 Å². The largest absolute Gasteiger partial charge is 0.416 e. The van der Waals surface area contributed by atoms with Crippen molar-refractivity contribution in [1.82, 2.24) is 4.98 Å². The number of pyridine rings is 1. The van der Waals surface area contributed by atoms with Gasteiger partial charge in [-0.15, -0.1) is 0 Å². The normalized spacial score (nSPS) is 12.2. The summed E-state index contributed by atoms with van der Waals surface area (Å²) in [4.78, 5) is 4.42. The average Bonchev–Trinajstić information content (AvgIpc) is 2.87. The molecule has 36 heavy (non-hydrogen) atoms. The van der Waals surface area contributed by atoms with Gasteiger partial charge in [0.25, 0.3) is 0 Å². The molecule has 4 aromatic carbocycles.